The fraction of sp³-hybridized carbons (Fsp3) is 0.222. The summed E-state index contributed by atoms with van der Waals surface area (Å²) in [4.78, 5) is 22.8. The molecule has 0 aliphatic carbocycles. The molecule has 3 aromatic heterocycles. The molecular weight excluding hydrogens is 304 g/mol. The van der Waals surface area contributed by atoms with Gasteiger partial charge >= 0.3 is 0 Å². The number of hydrogen-bond donors (Lipinski definition) is 0. The molecule has 0 radical (unpaired) electrons. The summed E-state index contributed by atoms with van der Waals surface area (Å²) < 4.78 is 5.37. The summed E-state index contributed by atoms with van der Waals surface area (Å²) >= 11 is 0. The molecule has 0 unspecified atom stereocenters. The van der Waals surface area contributed by atoms with Gasteiger partial charge in [0.25, 0.3) is 5.91 Å². The minimum atomic E-state index is -0.122. The molecule has 0 aliphatic rings. The maximum Gasteiger partial charge on any atom is 0.259 e. The number of carbonyl (C=O) groups excluding carboxylic acids is 1. The molecule has 3 heterocycles. The molecule has 122 valence electrons. The van der Waals surface area contributed by atoms with Crippen molar-refractivity contribution in [3.8, 4) is 11.3 Å². The Morgan fingerprint density at radius 3 is 2.79 bits per heavy atom. The Hall–Kier alpha value is -3.02. The highest BCUT2D eigenvalue weighted by Gasteiger charge is 2.24. The number of carbonyl (C=O) groups is 1. The average Bonchev–Trinajstić information content (AvgIpc) is 3.02. The maximum atomic E-state index is 12.8. The second-order valence-corrected chi connectivity index (χ2v) is 5.51. The largest absolute Gasteiger partial charge is 0.355 e. The summed E-state index contributed by atoms with van der Waals surface area (Å²) in [6.45, 7) is 2.33. The first kappa shape index (κ1) is 15.9. The molecule has 1 amide bonds. The molecule has 3 aromatic rings. The van der Waals surface area contributed by atoms with Crippen molar-refractivity contribution in [2.24, 2.45) is 0 Å². The number of likely N-dealkylation sites (N-methyl/N-ethyl adjacent to an activating group) is 1. The van der Waals surface area contributed by atoms with Crippen LogP contribution in [0.15, 0.2) is 53.4 Å². The van der Waals surface area contributed by atoms with Gasteiger partial charge in [-0.2, -0.15) is 0 Å². The number of rotatable bonds is 5. The molecule has 0 atom stereocenters. The van der Waals surface area contributed by atoms with Crippen LogP contribution in [-0.2, 0) is 6.42 Å². The fourth-order valence-electron chi connectivity index (χ4n) is 2.44. The highest BCUT2D eigenvalue weighted by atomic mass is 16.5. The van der Waals surface area contributed by atoms with E-state index in [9.17, 15) is 4.79 Å². The van der Waals surface area contributed by atoms with Gasteiger partial charge < -0.3 is 9.42 Å². The highest BCUT2D eigenvalue weighted by molar-refractivity contribution is 6.00. The van der Waals surface area contributed by atoms with Crippen molar-refractivity contribution < 1.29 is 9.32 Å². The van der Waals surface area contributed by atoms with E-state index in [2.05, 4.69) is 15.1 Å². The van der Waals surface area contributed by atoms with Crippen LogP contribution in [0, 0.1) is 6.92 Å². The summed E-state index contributed by atoms with van der Waals surface area (Å²) in [5.41, 5.74) is 2.74. The lowest BCUT2D eigenvalue weighted by Crippen LogP contribution is -2.29. The third-order valence-electron chi connectivity index (χ3n) is 3.78. The Bertz CT molecular complexity index is 816. The van der Waals surface area contributed by atoms with Crippen LogP contribution in [0.5, 0.6) is 0 Å². The van der Waals surface area contributed by atoms with E-state index in [-0.39, 0.29) is 5.91 Å². The molecule has 24 heavy (non-hydrogen) atoms. The van der Waals surface area contributed by atoms with Crippen molar-refractivity contribution >= 4 is 5.91 Å². The average molecular weight is 322 g/mol. The van der Waals surface area contributed by atoms with E-state index < -0.39 is 0 Å². The van der Waals surface area contributed by atoms with E-state index in [0.29, 0.717) is 30.0 Å². The van der Waals surface area contributed by atoms with Gasteiger partial charge in [0.1, 0.15) is 5.56 Å². The van der Waals surface area contributed by atoms with Crippen LogP contribution >= 0.6 is 0 Å². The van der Waals surface area contributed by atoms with Gasteiger partial charge in [-0.25, -0.2) is 0 Å². The second kappa shape index (κ2) is 7.04. The Morgan fingerprint density at radius 2 is 2.08 bits per heavy atom. The van der Waals surface area contributed by atoms with Gasteiger partial charge in [0.05, 0.1) is 5.69 Å². The molecular formula is C18H18N4O2. The lowest BCUT2D eigenvalue weighted by molar-refractivity contribution is 0.0796. The van der Waals surface area contributed by atoms with Crippen molar-refractivity contribution in [2.45, 2.75) is 13.3 Å². The maximum absolute atomic E-state index is 12.8. The first-order chi connectivity index (χ1) is 11.7. The standard InChI is InChI=1S/C18H18N4O2/c1-13-16(17(24-21-13)14-6-5-9-19-12-14)18(23)22(2)11-8-15-7-3-4-10-20-15/h3-7,9-10,12H,8,11H2,1-2H3. The summed E-state index contributed by atoms with van der Waals surface area (Å²) in [6.07, 6.45) is 5.77. The summed E-state index contributed by atoms with van der Waals surface area (Å²) in [7, 11) is 1.77. The first-order valence-electron chi connectivity index (χ1n) is 7.69. The van der Waals surface area contributed by atoms with E-state index in [4.69, 9.17) is 4.52 Å². The number of aromatic nitrogens is 3. The predicted octanol–water partition coefficient (Wildman–Crippen LogP) is 2.75. The Kier molecular flexibility index (Phi) is 4.65. The Morgan fingerprint density at radius 1 is 1.21 bits per heavy atom. The van der Waals surface area contributed by atoms with Crippen molar-refractivity contribution in [1.29, 1.82) is 0 Å². The zero-order valence-electron chi connectivity index (χ0n) is 13.6. The molecule has 0 aromatic carbocycles. The van der Waals surface area contributed by atoms with Crippen LogP contribution in [0.25, 0.3) is 11.3 Å². The molecule has 0 spiro atoms. The predicted molar refractivity (Wildman–Crippen MR) is 89.4 cm³/mol. The Balaban J connectivity index is 1.78. The SMILES string of the molecule is Cc1noc(-c2cccnc2)c1C(=O)N(C)CCc1ccccn1. The quantitative estimate of drug-likeness (QED) is 0.722. The molecule has 0 N–H and O–H groups in total. The van der Waals surface area contributed by atoms with Crippen molar-refractivity contribution in [2.75, 3.05) is 13.6 Å². The van der Waals surface area contributed by atoms with Gasteiger partial charge in [-0.1, -0.05) is 11.2 Å². The summed E-state index contributed by atoms with van der Waals surface area (Å²) in [5, 5.41) is 3.95. The first-order valence-corrected chi connectivity index (χ1v) is 7.69. The third kappa shape index (κ3) is 3.32. The van der Waals surface area contributed by atoms with Crippen LogP contribution in [0.2, 0.25) is 0 Å². The van der Waals surface area contributed by atoms with Gasteiger partial charge in [-0.15, -0.1) is 0 Å². The van der Waals surface area contributed by atoms with Crippen LogP contribution in [0.3, 0.4) is 0 Å². The fourth-order valence-corrected chi connectivity index (χ4v) is 2.44. The van der Waals surface area contributed by atoms with E-state index in [1.165, 1.54) is 0 Å². The van der Waals surface area contributed by atoms with Crippen LogP contribution < -0.4 is 0 Å². The zero-order chi connectivity index (χ0) is 16.9. The minimum Gasteiger partial charge on any atom is -0.355 e. The van der Waals surface area contributed by atoms with Crippen LogP contribution in [0.1, 0.15) is 21.7 Å². The van der Waals surface area contributed by atoms with Crippen LogP contribution in [-0.4, -0.2) is 39.5 Å². The summed E-state index contributed by atoms with van der Waals surface area (Å²) in [6, 6.07) is 9.40. The van der Waals surface area contributed by atoms with Gasteiger partial charge in [0, 0.05) is 49.9 Å². The van der Waals surface area contributed by atoms with E-state index in [1.54, 1.807) is 43.5 Å². The molecule has 6 heteroatoms. The second-order valence-electron chi connectivity index (χ2n) is 5.51. The number of amides is 1. The van der Waals surface area contributed by atoms with Gasteiger partial charge in [-0.05, 0) is 31.2 Å². The Labute approximate surface area is 140 Å². The minimum absolute atomic E-state index is 0.122. The highest BCUT2D eigenvalue weighted by Crippen LogP contribution is 2.26. The van der Waals surface area contributed by atoms with E-state index in [1.807, 2.05) is 24.3 Å². The van der Waals surface area contributed by atoms with Gasteiger partial charge in [0.15, 0.2) is 5.76 Å². The van der Waals surface area contributed by atoms with Crippen molar-refractivity contribution in [3.05, 3.63) is 65.9 Å². The molecule has 0 bridgehead atoms. The van der Waals surface area contributed by atoms with Crippen molar-refractivity contribution in [1.82, 2.24) is 20.0 Å². The monoisotopic (exact) mass is 322 g/mol. The topological polar surface area (TPSA) is 72.1 Å². The molecule has 6 nitrogen and oxygen atoms in total. The lowest BCUT2D eigenvalue weighted by Gasteiger charge is -2.17. The molecule has 0 saturated heterocycles. The summed E-state index contributed by atoms with van der Waals surface area (Å²) in [5.74, 6) is 0.332. The number of pyridine rings is 2. The molecule has 0 fully saturated rings. The van der Waals surface area contributed by atoms with Gasteiger partial charge in [-0.3, -0.25) is 14.8 Å². The van der Waals surface area contributed by atoms with Crippen LogP contribution in [0.4, 0.5) is 0 Å². The molecule has 0 aliphatic heterocycles. The molecule has 3 rings (SSSR count). The smallest absolute Gasteiger partial charge is 0.259 e. The van der Waals surface area contributed by atoms with E-state index in [0.717, 1.165) is 11.3 Å². The normalized spacial score (nSPS) is 10.6. The lowest BCUT2D eigenvalue weighted by atomic mass is 10.1. The van der Waals surface area contributed by atoms with Crippen molar-refractivity contribution in [3.63, 3.8) is 0 Å². The third-order valence-corrected chi connectivity index (χ3v) is 3.78. The zero-order valence-corrected chi connectivity index (χ0v) is 13.6. The number of hydrogen-bond acceptors (Lipinski definition) is 5. The molecule has 0 saturated carbocycles. The van der Waals surface area contributed by atoms with Gasteiger partial charge in [0.2, 0.25) is 0 Å². The number of aryl methyl sites for hydroxylation is 1. The number of nitrogens with zero attached hydrogens (tertiary/aromatic N) is 4. The van der Waals surface area contributed by atoms with E-state index >= 15 is 0 Å².